The van der Waals surface area contributed by atoms with E-state index in [4.69, 9.17) is 9.15 Å². The highest BCUT2D eigenvalue weighted by Gasteiger charge is 2.22. The van der Waals surface area contributed by atoms with Crippen molar-refractivity contribution in [1.29, 1.82) is 0 Å². The smallest absolute Gasteiger partial charge is 0.286 e. The van der Waals surface area contributed by atoms with Crippen LogP contribution in [0.3, 0.4) is 0 Å². The molecule has 3 rings (SSSR count). The Morgan fingerprint density at radius 3 is 2.27 bits per heavy atom. The van der Waals surface area contributed by atoms with Gasteiger partial charge in [0.25, 0.3) is 5.91 Å². The van der Waals surface area contributed by atoms with E-state index >= 15 is 0 Å². The Kier molecular flexibility index (Phi) is 8.72. The van der Waals surface area contributed by atoms with Gasteiger partial charge in [0, 0.05) is 12.0 Å². The van der Waals surface area contributed by atoms with Crippen molar-refractivity contribution < 1.29 is 13.9 Å². The average Bonchev–Trinajstić information content (AvgIpc) is 3.33. The highest BCUT2D eigenvalue weighted by molar-refractivity contribution is 5.91. The van der Waals surface area contributed by atoms with Crippen LogP contribution in [0.2, 0.25) is 0 Å². The molecular formula is C28H36N2O3. The van der Waals surface area contributed by atoms with Crippen molar-refractivity contribution >= 4 is 5.91 Å². The fraction of sp³-hybridized carbons (Fsp3) is 0.393. The first-order valence-electron chi connectivity index (χ1n) is 11.8. The lowest BCUT2D eigenvalue weighted by molar-refractivity contribution is 0.0920. The lowest BCUT2D eigenvalue weighted by Crippen LogP contribution is -2.29. The number of nitrogens with zero attached hydrogens (tertiary/aromatic N) is 1. The molecule has 176 valence electrons. The molecule has 1 aromatic heterocycles. The molecule has 3 aromatic rings. The largest absolute Gasteiger partial charge is 0.486 e. The molecule has 0 spiro atoms. The average molecular weight is 449 g/mol. The summed E-state index contributed by atoms with van der Waals surface area (Å²) in [5, 5.41) is 2.92. The van der Waals surface area contributed by atoms with E-state index in [0.717, 1.165) is 31.8 Å². The predicted octanol–water partition coefficient (Wildman–Crippen LogP) is 5.65. The van der Waals surface area contributed by atoms with Gasteiger partial charge in [-0.1, -0.05) is 70.2 Å². The zero-order chi connectivity index (χ0) is 23.7. The summed E-state index contributed by atoms with van der Waals surface area (Å²) in [6.45, 7) is 12.7. The molecule has 1 heterocycles. The molecular weight excluding hydrogens is 412 g/mol. The van der Waals surface area contributed by atoms with E-state index in [9.17, 15) is 4.79 Å². The monoisotopic (exact) mass is 448 g/mol. The van der Waals surface area contributed by atoms with Gasteiger partial charge in [-0.3, -0.25) is 4.79 Å². The Labute approximate surface area is 197 Å². The van der Waals surface area contributed by atoms with Gasteiger partial charge in [0.2, 0.25) is 0 Å². The Bertz CT molecular complexity index is 989. The molecule has 0 saturated carbocycles. The molecule has 0 unspecified atom stereocenters. The summed E-state index contributed by atoms with van der Waals surface area (Å²) in [5.41, 5.74) is 2.40. The van der Waals surface area contributed by atoms with Gasteiger partial charge in [-0.15, -0.1) is 0 Å². The molecule has 1 N–H and O–H groups in total. The molecule has 0 atom stereocenters. The van der Waals surface area contributed by atoms with Crippen LogP contribution in [0.4, 0.5) is 0 Å². The SMILES string of the molecule is CCN(CC)CCCNC(=O)c1ccc(COc2ccc(C(C)(C)c3ccccc3)cc2)o1. The third-order valence-electron chi connectivity index (χ3n) is 6.17. The zero-order valence-corrected chi connectivity index (χ0v) is 20.3. The summed E-state index contributed by atoms with van der Waals surface area (Å²) >= 11 is 0. The predicted molar refractivity (Wildman–Crippen MR) is 133 cm³/mol. The Balaban J connectivity index is 1.48. The van der Waals surface area contributed by atoms with Crippen LogP contribution in [-0.4, -0.2) is 37.0 Å². The standard InChI is InChI=1S/C28H36N2O3/c1-5-30(6-2)20-10-19-29-27(31)26-18-17-25(33-26)21-32-24-15-13-23(14-16-24)28(3,4)22-11-8-7-9-12-22/h7-9,11-18H,5-6,10,19-21H2,1-4H3,(H,29,31). The third kappa shape index (κ3) is 6.72. The van der Waals surface area contributed by atoms with Gasteiger partial charge < -0.3 is 19.4 Å². The molecule has 5 nitrogen and oxygen atoms in total. The number of hydrogen-bond donors (Lipinski definition) is 1. The molecule has 33 heavy (non-hydrogen) atoms. The van der Waals surface area contributed by atoms with Crippen molar-refractivity contribution in [3.05, 3.63) is 89.4 Å². The molecule has 0 fully saturated rings. The van der Waals surface area contributed by atoms with Crippen LogP contribution in [-0.2, 0) is 12.0 Å². The molecule has 0 bridgehead atoms. The van der Waals surface area contributed by atoms with Crippen molar-refractivity contribution in [2.45, 2.75) is 46.1 Å². The van der Waals surface area contributed by atoms with E-state index in [1.165, 1.54) is 11.1 Å². The number of ether oxygens (including phenoxy) is 1. The number of rotatable bonds is 12. The van der Waals surface area contributed by atoms with Crippen molar-refractivity contribution in [1.82, 2.24) is 10.2 Å². The van der Waals surface area contributed by atoms with Crippen molar-refractivity contribution in [3.63, 3.8) is 0 Å². The summed E-state index contributed by atoms with van der Waals surface area (Å²) < 4.78 is 11.6. The van der Waals surface area contributed by atoms with Crippen LogP contribution in [0.1, 0.15) is 61.6 Å². The number of carbonyl (C=O) groups excluding carboxylic acids is 1. The molecule has 0 aliphatic rings. The van der Waals surface area contributed by atoms with E-state index < -0.39 is 0 Å². The quantitative estimate of drug-likeness (QED) is 0.364. The molecule has 0 aliphatic heterocycles. The van der Waals surface area contributed by atoms with Crippen LogP contribution >= 0.6 is 0 Å². The van der Waals surface area contributed by atoms with Gasteiger partial charge in [0.05, 0.1) is 0 Å². The zero-order valence-electron chi connectivity index (χ0n) is 20.3. The summed E-state index contributed by atoms with van der Waals surface area (Å²) in [4.78, 5) is 14.6. The van der Waals surface area contributed by atoms with Crippen molar-refractivity contribution in [2.24, 2.45) is 0 Å². The summed E-state index contributed by atoms with van der Waals surface area (Å²) in [6, 6.07) is 22.1. The lowest BCUT2D eigenvalue weighted by atomic mass is 9.78. The molecule has 5 heteroatoms. The van der Waals surface area contributed by atoms with E-state index in [-0.39, 0.29) is 17.9 Å². The maximum absolute atomic E-state index is 12.3. The highest BCUT2D eigenvalue weighted by atomic mass is 16.5. The van der Waals surface area contributed by atoms with Gasteiger partial charge in [-0.2, -0.15) is 0 Å². The number of hydrogen-bond acceptors (Lipinski definition) is 4. The molecule has 1 amide bonds. The minimum Gasteiger partial charge on any atom is -0.486 e. The van der Waals surface area contributed by atoms with Crippen LogP contribution in [0.25, 0.3) is 0 Å². The molecule has 0 aliphatic carbocycles. The molecule has 2 aromatic carbocycles. The Hall–Kier alpha value is -3.05. The van der Waals surface area contributed by atoms with E-state index in [1.54, 1.807) is 12.1 Å². The molecule has 0 radical (unpaired) electrons. The highest BCUT2D eigenvalue weighted by Crippen LogP contribution is 2.32. The van der Waals surface area contributed by atoms with Gasteiger partial charge in [0.1, 0.15) is 18.1 Å². The van der Waals surface area contributed by atoms with Crippen LogP contribution in [0.5, 0.6) is 5.75 Å². The maximum Gasteiger partial charge on any atom is 0.286 e. The second-order valence-corrected chi connectivity index (χ2v) is 8.71. The second kappa shape index (κ2) is 11.7. The van der Waals surface area contributed by atoms with Gasteiger partial charge >= 0.3 is 0 Å². The summed E-state index contributed by atoms with van der Waals surface area (Å²) in [6.07, 6.45) is 0.918. The Morgan fingerprint density at radius 2 is 1.61 bits per heavy atom. The number of carbonyl (C=O) groups is 1. The van der Waals surface area contributed by atoms with Gasteiger partial charge in [-0.25, -0.2) is 0 Å². The van der Waals surface area contributed by atoms with Gasteiger partial charge in [0.15, 0.2) is 5.76 Å². The first kappa shape index (κ1) is 24.6. The number of amides is 1. The summed E-state index contributed by atoms with van der Waals surface area (Å²) in [7, 11) is 0. The normalized spacial score (nSPS) is 11.5. The minimum atomic E-state index is -0.187. The van der Waals surface area contributed by atoms with E-state index in [0.29, 0.717) is 18.1 Å². The second-order valence-electron chi connectivity index (χ2n) is 8.71. The fourth-order valence-corrected chi connectivity index (χ4v) is 3.85. The lowest BCUT2D eigenvalue weighted by Gasteiger charge is -2.26. The first-order valence-corrected chi connectivity index (χ1v) is 11.8. The van der Waals surface area contributed by atoms with Crippen molar-refractivity contribution in [3.8, 4) is 5.75 Å². The maximum atomic E-state index is 12.3. The van der Waals surface area contributed by atoms with Crippen LogP contribution in [0.15, 0.2) is 71.1 Å². The van der Waals surface area contributed by atoms with Gasteiger partial charge in [-0.05, 0) is 61.4 Å². The van der Waals surface area contributed by atoms with E-state index in [1.807, 2.05) is 18.2 Å². The minimum absolute atomic E-state index is 0.0889. The Morgan fingerprint density at radius 1 is 0.939 bits per heavy atom. The van der Waals surface area contributed by atoms with Crippen LogP contribution in [0, 0.1) is 0 Å². The van der Waals surface area contributed by atoms with Crippen LogP contribution < -0.4 is 10.1 Å². The molecule has 0 saturated heterocycles. The fourth-order valence-electron chi connectivity index (χ4n) is 3.85. The number of nitrogens with one attached hydrogen (secondary N) is 1. The van der Waals surface area contributed by atoms with E-state index in [2.05, 4.69) is 74.3 Å². The number of furan rings is 1. The van der Waals surface area contributed by atoms with Crippen molar-refractivity contribution in [2.75, 3.05) is 26.2 Å². The topological polar surface area (TPSA) is 54.7 Å². The first-order chi connectivity index (χ1) is 15.9. The number of benzene rings is 2. The third-order valence-corrected chi connectivity index (χ3v) is 6.17. The summed E-state index contributed by atoms with van der Waals surface area (Å²) in [5.74, 6) is 1.52.